The molecule has 2 aromatic rings. The molecular weight excluding hydrogens is 332 g/mol. The molecule has 0 aromatic heterocycles. The number of hydrogen-bond acceptors (Lipinski definition) is 1. The molecule has 0 heterocycles. The van der Waals surface area contributed by atoms with Gasteiger partial charge in [0.25, 0.3) is 0 Å². The van der Waals surface area contributed by atoms with E-state index < -0.39 is 5.97 Å². The fraction of sp³-hybridized carbons (Fsp3) is 0.480. The van der Waals surface area contributed by atoms with Crippen LogP contribution in [0, 0.1) is 0 Å². The summed E-state index contributed by atoms with van der Waals surface area (Å²) in [7, 11) is 0. The maximum Gasteiger partial charge on any atom is 0.335 e. The molecule has 1 N–H and O–H groups in total. The highest BCUT2D eigenvalue weighted by Crippen LogP contribution is 2.45. The van der Waals surface area contributed by atoms with E-state index >= 15 is 0 Å². The lowest BCUT2D eigenvalue weighted by Crippen LogP contribution is -2.33. The van der Waals surface area contributed by atoms with Crippen molar-refractivity contribution in [3.63, 3.8) is 0 Å². The van der Waals surface area contributed by atoms with Crippen LogP contribution in [0.15, 0.2) is 42.5 Å². The number of hydrogen-bond donors (Lipinski definition) is 1. The molecule has 0 amide bonds. The van der Waals surface area contributed by atoms with Crippen molar-refractivity contribution in [2.45, 2.75) is 78.1 Å². The molecule has 0 atom stereocenters. The highest BCUT2D eigenvalue weighted by molar-refractivity contribution is 5.87. The van der Waals surface area contributed by atoms with Crippen molar-refractivity contribution in [3.8, 4) is 0 Å². The minimum Gasteiger partial charge on any atom is -0.478 e. The zero-order valence-corrected chi connectivity index (χ0v) is 17.7. The first-order chi connectivity index (χ1) is 12.7. The van der Waals surface area contributed by atoms with Crippen LogP contribution in [-0.2, 0) is 23.7 Å². The molecule has 0 aliphatic heterocycles. The quantitative estimate of drug-likeness (QED) is 0.666. The summed E-state index contributed by atoms with van der Waals surface area (Å²) in [5, 5.41) is 8.99. The molecule has 2 aromatic carbocycles. The predicted molar refractivity (Wildman–Crippen MR) is 114 cm³/mol. The van der Waals surface area contributed by atoms with Crippen LogP contribution in [0.4, 0.5) is 0 Å². The van der Waals surface area contributed by atoms with Gasteiger partial charge in [0.15, 0.2) is 0 Å². The van der Waals surface area contributed by atoms with Gasteiger partial charge in [-0.25, -0.2) is 4.79 Å². The van der Waals surface area contributed by atoms with Crippen molar-refractivity contribution in [2.24, 2.45) is 0 Å². The fourth-order valence-electron chi connectivity index (χ4n) is 3.89. The van der Waals surface area contributed by atoms with E-state index in [-0.39, 0.29) is 10.8 Å². The van der Waals surface area contributed by atoms with Crippen LogP contribution in [0.5, 0.6) is 0 Å². The van der Waals surface area contributed by atoms with E-state index in [1.807, 2.05) is 26.0 Å². The van der Waals surface area contributed by atoms with Crippen molar-refractivity contribution in [1.82, 2.24) is 0 Å². The number of fused-ring (bicyclic) bond motifs is 1. The van der Waals surface area contributed by atoms with E-state index in [0.717, 1.165) is 12.8 Å². The Kier molecular flexibility index (Phi) is 6.51. The molecule has 1 aliphatic carbocycles. The molecule has 1 aliphatic rings. The molecule has 2 heteroatoms. The molecule has 0 radical (unpaired) electrons. The SMILES string of the molecule is CC.CC1(C)CCC(C)(C)c2cc(CCc3ccc(C(=O)O)cc3)ccc21. The molecule has 0 saturated carbocycles. The third-order valence-electron chi connectivity index (χ3n) is 5.82. The maximum absolute atomic E-state index is 10.9. The van der Waals surface area contributed by atoms with Gasteiger partial charge in [-0.1, -0.05) is 71.9 Å². The Morgan fingerprint density at radius 3 is 1.85 bits per heavy atom. The summed E-state index contributed by atoms with van der Waals surface area (Å²) in [5.41, 5.74) is 6.40. The number of aromatic carboxylic acids is 1. The monoisotopic (exact) mass is 366 g/mol. The van der Waals surface area contributed by atoms with E-state index in [9.17, 15) is 4.79 Å². The smallest absolute Gasteiger partial charge is 0.335 e. The minimum absolute atomic E-state index is 0.240. The van der Waals surface area contributed by atoms with Crippen LogP contribution in [-0.4, -0.2) is 11.1 Å². The molecule has 3 rings (SSSR count). The second kappa shape index (κ2) is 8.29. The van der Waals surface area contributed by atoms with Crippen molar-refractivity contribution in [1.29, 1.82) is 0 Å². The summed E-state index contributed by atoms with van der Waals surface area (Å²) in [5.74, 6) is -0.869. The first-order valence-electron chi connectivity index (χ1n) is 10.2. The van der Waals surface area contributed by atoms with Gasteiger partial charge in [0.1, 0.15) is 0 Å². The fourth-order valence-corrected chi connectivity index (χ4v) is 3.89. The summed E-state index contributed by atoms with van der Waals surface area (Å²) in [6.45, 7) is 13.4. The Balaban J connectivity index is 0.00000126. The number of rotatable bonds is 4. The highest BCUT2D eigenvalue weighted by Gasteiger charge is 2.36. The van der Waals surface area contributed by atoms with E-state index in [4.69, 9.17) is 5.11 Å². The van der Waals surface area contributed by atoms with Crippen molar-refractivity contribution < 1.29 is 9.90 Å². The normalized spacial score (nSPS) is 16.7. The van der Waals surface area contributed by atoms with Gasteiger partial charge in [-0.3, -0.25) is 0 Å². The number of carbonyl (C=O) groups is 1. The van der Waals surface area contributed by atoms with E-state index in [1.54, 1.807) is 12.1 Å². The molecule has 2 nitrogen and oxygen atoms in total. The Hall–Kier alpha value is -2.09. The second-order valence-corrected chi connectivity index (χ2v) is 8.65. The van der Waals surface area contributed by atoms with Gasteiger partial charge in [-0.2, -0.15) is 0 Å². The largest absolute Gasteiger partial charge is 0.478 e. The molecular formula is C25H34O2. The number of carboxylic acid groups (broad SMARTS) is 1. The lowest BCUT2D eigenvalue weighted by Gasteiger charge is -2.42. The second-order valence-electron chi connectivity index (χ2n) is 8.65. The lowest BCUT2D eigenvalue weighted by atomic mass is 9.63. The van der Waals surface area contributed by atoms with Gasteiger partial charge < -0.3 is 5.11 Å². The van der Waals surface area contributed by atoms with Gasteiger partial charge in [-0.05, 0) is 70.9 Å². The average molecular weight is 367 g/mol. The summed E-state index contributed by atoms with van der Waals surface area (Å²) in [6, 6.07) is 14.2. The number of carboxylic acids is 1. The third-order valence-corrected chi connectivity index (χ3v) is 5.82. The number of benzene rings is 2. The summed E-state index contributed by atoms with van der Waals surface area (Å²) >= 11 is 0. The molecule has 0 fully saturated rings. The first-order valence-corrected chi connectivity index (χ1v) is 10.2. The Labute approximate surface area is 164 Å². The highest BCUT2D eigenvalue weighted by atomic mass is 16.4. The van der Waals surface area contributed by atoms with Crippen LogP contribution in [0.25, 0.3) is 0 Å². The van der Waals surface area contributed by atoms with Gasteiger partial charge in [-0.15, -0.1) is 0 Å². The zero-order valence-electron chi connectivity index (χ0n) is 17.7. The van der Waals surface area contributed by atoms with Crippen LogP contribution in [0.1, 0.15) is 87.0 Å². The van der Waals surface area contributed by atoms with Gasteiger partial charge in [0, 0.05) is 0 Å². The third kappa shape index (κ3) is 4.80. The Bertz CT molecular complexity index is 782. The summed E-state index contributed by atoms with van der Waals surface area (Å²) < 4.78 is 0. The standard InChI is InChI=1S/C23H28O2.C2H6/c1-22(2)13-14-23(3,4)20-15-17(9-12-19(20)22)6-5-16-7-10-18(11-8-16)21(24)25;1-2/h7-12,15H,5-6,13-14H2,1-4H3,(H,24,25);1-2H3. The summed E-state index contributed by atoms with van der Waals surface area (Å²) in [6.07, 6.45) is 4.38. The molecule has 0 unspecified atom stereocenters. The Morgan fingerprint density at radius 1 is 0.815 bits per heavy atom. The van der Waals surface area contributed by atoms with E-state index in [0.29, 0.717) is 5.56 Å². The minimum atomic E-state index is -0.869. The topological polar surface area (TPSA) is 37.3 Å². The van der Waals surface area contributed by atoms with Crippen molar-refractivity contribution in [3.05, 3.63) is 70.3 Å². The predicted octanol–water partition coefficient (Wildman–Crippen LogP) is 6.55. The molecule has 0 spiro atoms. The molecule has 146 valence electrons. The maximum atomic E-state index is 10.9. The van der Waals surface area contributed by atoms with Gasteiger partial charge in [0.05, 0.1) is 5.56 Å². The van der Waals surface area contributed by atoms with Crippen LogP contribution in [0.3, 0.4) is 0 Å². The molecule has 0 saturated heterocycles. The Morgan fingerprint density at radius 2 is 1.30 bits per heavy atom. The van der Waals surface area contributed by atoms with E-state index in [1.165, 1.54) is 35.1 Å². The molecule has 27 heavy (non-hydrogen) atoms. The van der Waals surface area contributed by atoms with Crippen molar-refractivity contribution >= 4 is 5.97 Å². The summed E-state index contributed by atoms with van der Waals surface area (Å²) in [4.78, 5) is 10.9. The van der Waals surface area contributed by atoms with Crippen LogP contribution < -0.4 is 0 Å². The van der Waals surface area contributed by atoms with Crippen LogP contribution in [0.2, 0.25) is 0 Å². The van der Waals surface area contributed by atoms with Crippen LogP contribution >= 0.6 is 0 Å². The molecule has 0 bridgehead atoms. The van der Waals surface area contributed by atoms with E-state index in [2.05, 4.69) is 45.9 Å². The van der Waals surface area contributed by atoms with Gasteiger partial charge in [0.2, 0.25) is 0 Å². The van der Waals surface area contributed by atoms with Gasteiger partial charge >= 0.3 is 5.97 Å². The van der Waals surface area contributed by atoms with Crippen molar-refractivity contribution in [2.75, 3.05) is 0 Å². The number of aryl methyl sites for hydroxylation is 2. The average Bonchev–Trinajstić information content (AvgIpc) is 2.66. The first kappa shape index (κ1) is 21.2. The lowest BCUT2D eigenvalue weighted by molar-refractivity contribution is 0.0697. The zero-order chi connectivity index (χ0) is 20.2.